The smallest absolute Gasteiger partial charge is 0.271 e. The third kappa shape index (κ3) is 6.27. The Kier molecular flexibility index (Phi) is 9.10. The zero-order valence-electron chi connectivity index (χ0n) is 21.0. The first-order valence-electron chi connectivity index (χ1n) is 12.6. The second-order valence-corrected chi connectivity index (χ2v) is 10.5. The molecule has 2 aliphatic heterocycles. The van der Waals surface area contributed by atoms with E-state index in [1.165, 1.54) is 0 Å². The van der Waals surface area contributed by atoms with Crippen LogP contribution in [-0.2, 0) is 6.54 Å². The SMILES string of the molecule is CC[C@H]1CN(c2nc(N)c(C(N)=O)nc2Cl)CCN1C1CCN(Cc2ccc(Cl)cc2C(O)CO)CC1. The van der Waals surface area contributed by atoms with Crippen LogP contribution in [0.3, 0.4) is 0 Å². The number of nitrogen functional groups attached to an aromatic ring is 1. The van der Waals surface area contributed by atoms with E-state index < -0.39 is 12.0 Å². The minimum absolute atomic E-state index is 0.00916. The molecule has 1 aromatic carbocycles. The van der Waals surface area contributed by atoms with Gasteiger partial charge in [0.05, 0.1) is 6.61 Å². The number of halogens is 2. The lowest BCUT2D eigenvalue weighted by Crippen LogP contribution is -2.58. The first-order valence-corrected chi connectivity index (χ1v) is 13.4. The van der Waals surface area contributed by atoms with E-state index in [0.717, 1.165) is 57.5 Å². The van der Waals surface area contributed by atoms with Crippen molar-refractivity contribution in [3.63, 3.8) is 0 Å². The number of anilines is 2. The Labute approximate surface area is 227 Å². The van der Waals surface area contributed by atoms with Crippen LogP contribution in [0.5, 0.6) is 0 Å². The minimum Gasteiger partial charge on any atom is -0.393 e. The average molecular weight is 553 g/mol. The molecule has 2 aliphatic rings. The number of aliphatic hydroxyl groups is 2. The quantitative estimate of drug-likeness (QED) is 0.387. The Morgan fingerprint density at radius 3 is 2.57 bits per heavy atom. The molecule has 0 spiro atoms. The van der Waals surface area contributed by atoms with Crippen LogP contribution in [0.4, 0.5) is 11.6 Å². The van der Waals surface area contributed by atoms with Gasteiger partial charge in [-0.3, -0.25) is 14.6 Å². The standard InChI is InChI=1S/C25H35Cl2N7O3/c1-2-17-13-33(25-22(27)30-21(24(29)37)23(28)31-25)9-10-34(17)18-5-7-32(8-6-18)12-15-3-4-16(26)11-19(15)20(36)14-35/h3-4,11,17-18,20,35-36H,2,5-10,12-14H2,1H3,(H2,28,31)(H2,29,37)/t17-,20?/m0/s1. The van der Waals surface area contributed by atoms with Crippen molar-refractivity contribution in [3.05, 3.63) is 45.2 Å². The fourth-order valence-corrected chi connectivity index (χ4v) is 5.90. The second-order valence-electron chi connectivity index (χ2n) is 9.73. The highest BCUT2D eigenvalue weighted by molar-refractivity contribution is 6.32. The van der Waals surface area contributed by atoms with Crippen molar-refractivity contribution in [2.75, 3.05) is 50.0 Å². The zero-order valence-corrected chi connectivity index (χ0v) is 22.5. The number of rotatable bonds is 8. The number of nitrogens with zero attached hydrogens (tertiary/aromatic N) is 5. The van der Waals surface area contributed by atoms with Crippen molar-refractivity contribution in [2.45, 2.75) is 50.9 Å². The largest absolute Gasteiger partial charge is 0.393 e. The van der Waals surface area contributed by atoms with E-state index in [4.69, 9.17) is 34.7 Å². The fraction of sp³-hybridized carbons (Fsp3) is 0.560. The van der Waals surface area contributed by atoms with Crippen molar-refractivity contribution in [2.24, 2.45) is 5.73 Å². The predicted octanol–water partition coefficient (Wildman–Crippen LogP) is 2.06. The summed E-state index contributed by atoms with van der Waals surface area (Å²) in [4.78, 5) is 27.0. The molecule has 2 aromatic rings. The second kappa shape index (κ2) is 12.1. The normalized spacial score (nSPS) is 20.8. The van der Waals surface area contributed by atoms with Gasteiger partial charge in [0.15, 0.2) is 22.5 Å². The lowest BCUT2D eigenvalue weighted by atomic mass is 9.97. The average Bonchev–Trinajstić information content (AvgIpc) is 2.90. The molecule has 1 amide bonds. The number of aromatic nitrogens is 2. The van der Waals surface area contributed by atoms with Crippen molar-refractivity contribution in [3.8, 4) is 0 Å². The minimum atomic E-state index is -0.937. The number of carbonyl (C=O) groups is 1. The van der Waals surface area contributed by atoms with E-state index in [1.54, 1.807) is 6.07 Å². The molecule has 0 saturated carbocycles. The Bertz CT molecular complexity index is 1110. The first kappa shape index (κ1) is 27.8. The van der Waals surface area contributed by atoms with Crippen LogP contribution < -0.4 is 16.4 Å². The van der Waals surface area contributed by atoms with E-state index in [2.05, 4.69) is 31.6 Å². The number of amides is 1. The maximum Gasteiger partial charge on any atom is 0.271 e. The van der Waals surface area contributed by atoms with Gasteiger partial charge in [-0.2, -0.15) is 0 Å². The van der Waals surface area contributed by atoms with Gasteiger partial charge in [0.25, 0.3) is 5.91 Å². The molecule has 4 rings (SSSR count). The summed E-state index contributed by atoms with van der Waals surface area (Å²) in [5, 5.41) is 20.3. The van der Waals surface area contributed by atoms with Gasteiger partial charge in [-0.1, -0.05) is 36.2 Å². The van der Waals surface area contributed by atoms with Gasteiger partial charge in [0.1, 0.15) is 6.10 Å². The van der Waals surface area contributed by atoms with Gasteiger partial charge in [-0.25, -0.2) is 9.97 Å². The third-order valence-corrected chi connectivity index (χ3v) is 7.94. The summed E-state index contributed by atoms with van der Waals surface area (Å²) < 4.78 is 0. The number of benzene rings is 1. The molecule has 0 aliphatic carbocycles. The van der Waals surface area contributed by atoms with E-state index in [0.29, 0.717) is 35.0 Å². The molecule has 2 saturated heterocycles. The van der Waals surface area contributed by atoms with Crippen LogP contribution in [0.2, 0.25) is 10.2 Å². The van der Waals surface area contributed by atoms with Gasteiger partial charge in [-0.05, 0) is 55.6 Å². The van der Waals surface area contributed by atoms with E-state index >= 15 is 0 Å². The maximum atomic E-state index is 11.5. The van der Waals surface area contributed by atoms with Crippen molar-refractivity contribution >= 4 is 40.7 Å². The molecule has 202 valence electrons. The number of carbonyl (C=O) groups excluding carboxylic acids is 1. The highest BCUT2D eigenvalue weighted by Gasteiger charge is 2.34. The highest BCUT2D eigenvalue weighted by atomic mass is 35.5. The van der Waals surface area contributed by atoms with Crippen LogP contribution >= 0.6 is 23.2 Å². The molecule has 6 N–H and O–H groups in total. The molecular formula is C25H35Cl2N7O3. The lowest BCUT2D eigenvalue weighted by Gasteiger charge is -2.47. The third-order valence-electron chi connectivity index (χ3n) is 7.46. The first-order chi connectivity index (χ1) is 17.7. The van der Waals surface area contributed by atoms with E-state index in [-0.39, 0.29) is 23.3 Å². The molecule has 12 heteroatoms. The van der Waals surface area contributed by atoms with Gasteiger partial charge in [-0.15, -0.1) is 0 Å². The summed E-state index contributed by atoms with van der Waals surface area (Å²) in [6.45, 7) is 6.79. The molecule has 2 atom stereocenters. The topological polar surface area (TPSA) is 145 Å². The maximum absolute atomic E-state index is 11.5. The van der Waals surface area contributed by atoms with Gasteiger partial charge in [0.2, 0.25) is 0 Å². The Morgan fingerprint density at radius 2 is 1.92 bits per heavy atom. The molecular weight excluding hydrogens is 517 g/mol. The van der Waals surface area contributed by atoms with Crippen molar-refractivity contribution in [1.29, 1.82) is 0 Å². The predicted molar refractivity (Wildman–Crippen MR) is 145 cm³/mol. The Hall–Kier alpha value is -2.21. The Morgan fingerprint density at radius 1 is 1.19 bits per heavy atom. The summed E-state index contributed by atoms with van der Waals surface area (Å²) in [5.74, 6) is -0.274. The number of hydrogen-bond acceptors (Lipinski definition) is 9. The monoisotopic (exact) mass is 551 g/mol. The summed E-state index contributed by atoms with van der Waals surface area (Å²) in [6.07, 6.45) is 2.13. The zero-order chi connectivity index (χ0) is 26.7. The summed E-state index contributed by atoms with van der Waals surface area (Å²) in [5.41, 5.74) is 12.8. The number of nitrogens with two attached hydrogens (primary N) is 2. The number of aliphatic hydroxyl groups excluding tert-OH is 2. The molecule has 3 heterocycles. The van der Waals surface area contributed by atoms with Crippen molar-refractivity contribution < 1.29 is 15.0 Å². The van der Waals surface area contributed by atoms with E-state index in [9.17, 15) is 15.0 Å². The molecule has 1 unspecified atom stereocenters. The van der Waals surface area contributed by atoms with E-state index in [1.807, 2.05) is 12.1 Å². The fourth-order valence-electron chi connectivity index (χ4n) is 5.48. The van der Waals surface area contributed by atoms with Crippen LogP contribution in [0, 0.1) is 0 Å². The summed E-state index contributed by atoms with van der Waals surface area (Å²) >= 11 is 12.5. The number of likely N-dealkylation sites (tertiary alicyclic amines) is 1. The summed E-state index contributed by atoms with van der Waals surface area (Å²) in [7, 11) is 0. The van der Waals surface area contributed by atoms with Crippen LogP contribution in [0.15, 0.2) is 18.2 Å². The molecule has 0 radical (unpaired) electrons. The number of piperidine rings is 1. The highest BCUT2D eigenvalue weighted by Crippen LogP contribution is 2.30. The van der Waals surface area contributed by atoms with Crippen molar-refractivity contribution in [1.82, 2.24) is 19.8 Å². The molecule has 2 fully saturated rings. The van der Waals surface area contributed by atoms with Crippen LogP contribution in [-0.4, -0.2) is 87.3 Å². The number of piperazine rings is 1. The van der Waals surface area contributed by atoms with Gasteiger partial charge >= 0.3 is 0 Å². The summed E-state index contributed by atoms with van der Waals surface area (Å²) in [6, 6.07) is 6.30. The number of hydrogen-bond donors (Lipinski definition) is 4. The molecule has 1 aromatic heterocycles. The van der Waals surface area contributed by atoms with Gasteiger partial charge in [0, 0.05) is 43.3 Å². The molecule has 0 bridgehead atoms. The molecule has 10 nitrogen and oxygen atoms in total. The molecule has 37 heavy (non-hydrogen) atoms. The lowest BCUT2D eigenvalue weighted by molar-refractivity contribution is 0.0600. The van der Waals surface area contributed by atoms with Crippen LogP contribution in [0.25, 0.3) is 0 Å². The van der Waals surface area contributed by atoms with Crippen LogP contribution in [0.1, 0.15) is 53.9 Å². The Balaban J connectivity index is 1.38. The number of primary amides is 1. The van der Waals surface area contributed by atoms with Gasteiger partial charge < -0.3 is 26.6 Å².